The second-order valence-electron chi connectivity index (χ2n) is 9.95. The summed E-state index contributed by atoms with van der Waals surface area (Å²) in [5.41, 5.74) is 7.82. The van der Waals surface area contributed by atoms with Crippen LogP contribution in [-0.2, 0) is 36.7 Å². The molecule has 3 N–H and O–H groups in total. The summed E-state index contributed by atoms with van der Waals surface area (Å²) in [6.07, 6.45) is 2.07. The normalized spacial score (nSPS) is 18.9. The summed E-state index contributed by atoms with van der Waals surface area (Å²) in [5, 5.41) is 3.75. The summed E-state index contributed by atoms with van der Waals surface area (Å²) in [6, 6.07) is 12.2. The molecule has 1 aromatic carbocycles. The van der Waals surface area contributed by atoms with Crippen molar-refractivity contribution in [1.29, 1.82) is 0 Å². The number of nitrogens with zero attached hydrogens (tertiary/aromatic N) is 2. The van der Waals surface area contributed by atoms with Crippen molar-refractivity contribution in [3.8, 4) is 0 Å². The van der Waals surface area contributed by atoms with Crippen LogP contribution in [0.1, 0.15) is 36.2 Å². The average Bonchev–Trinajstić information content (AvgIpc) is 2.89. The Balaban J connectivity index is 1.87. The van der Waals surface area contributed by atoms with Crippen molar-refractivity contribution < 1.29 is 23.9 Å². The number of hydrogen-bond donors (Lipinski definition) is 2. The van der Waals surface area contributed by atoms with E-state index in [4.69, 9.17) is 26.8 Å². The number of benzene rings is 1. The maximum atomic E-state index is 13.9. The summed E-state index contributed by atoms with van der Waals surface area (Å²) < 4.78 is 9.95. The van der Waals surface area contributed by atoms with Crippen LogP contribution in [-0.4, -0.2) is 73.2 Å². The molecule has 2 heterocycles. The molecular formula is C28H37ClN4O5. The fourth-order valence-corrected chi connectivity index (χ4v) is 5.09. The van der Waals surface area contributed by atoms with Gasteiger partial charge in [-0.2, -0.15) is 0 Å². The van der Waals surface area contributed by atoms with E-state index in [2.05, 4.69) is 10.3 Å². The summed E-state index contributed by atoms with van der Waals surface area (Å²) in [5.74, 6) is -1.62. The second-order valence-corrected chi connectivity index (χ2v) is 10.4. The predicted octanol–water partition coefficient (Wildman–Crippen LogP) is 2.46. The zero-order valence-corrected chi connectivity index (χ0v) is 23.0. The number of nitrogens with one attached hydrogen (secondary N) is 1. The number of methoxy groups -OCH3 is 2. The minimum atomic E-state index is -0.840. The molecule has 9 nitrogen and oxygen atoms in total. The number of pyridine rings is 1. The van der Waals surface area contributed by atoms with Crippen molar-refractivity contribution in [3.05, 3.63) is 64.4 Å². The van der Waals surface area contributed by atoms with E-state index in [0.29, 0.717) is 37.3 Å². The Labute approximate surface area is 229 Å². The third kappa shape index (κ3) is 8.24. The smallest absolute Gasteiger partial charge is 0.306 e. The van der Waals surface area contributed by atoms with Gasteiger partial charge >= 0.3 is 5.97 Å². The molecule has 10 heteroatoms. The molecule has 0 bridgehead atoms. The highest BCUT2D eigenvalue weighted by Crippen LogP contribution is 2.29. The number of hydrogen-bond acceptors (Lipinski definition) is 7. The van der Waals surface area contributed by atoms with E-state index in [1.54, 1.807) is 17.0 Å². The Morgan fingerprint density at radius 1 is 1.18 bits per heavy atom. The third-order valence-corrected chi connectivity index (χ3v) is 7.06. The minimum Gasteiger partial charge on any atom is -0.469 e. The first-order chi connectivity index (χ1) is 18.1. The Morgan fingerprint density at radius 3 is 2.58 bits per heavy atom. The molecule has 2 aromatic rings. The third-order valence-electron chi connectivity index (χ3n) is 6.81. The van der Waals surface area contributed by atoms with Gasteiger partial charge in [-0.1, -0.05) is 29.8 Å². The Morgan fingerprint density at radius 2 is 1.92 bits per heavy atom. The van der Waals surface area contributed by atoms with Crippen LogP contribution in [0.5, 0.6) is 0 Å². The van der Waals surface area contributed by atoms with Crippen LogP contribution in [0.25, 0.3) is 0 Å². The molecular weight excluding hydrogens is 508 g/mol. The molecule has 0 spiro atoms. The van der Waals surface area contributed by atoms with Crippen LogP contribution in [0, 0.1) is 12.8 Å². The van der Waals surface area contributed by atoms with Crippen molar-refractivity contribution in [2.45, 2.75) is 50.6 Å². The highest BCUT2D eigenvalue weighted by Gasteiger charge is 2.41. The molecule has 0 radical (unpaired) electrons. The van der Waals surface area contributed by atoms with Crippen LogP contribution in [0.15, 0.2) is 42.5 Å². The molecule has 206 valence electrons. The molecule has 3 rings (SSSR count). The number of aromatic nitrogens is 1. The fraction of sp³-hybridized carbons (Fsp3) is 0.500. The molecule has 1 aliphatic heterocycles. The van der Waals surface area contributed by atoms with Gasteiger partial charge in [-0.15, -0.1) is 0 Å². The van der Waals surface area contributed by atoms with E-state index < -0.39 is 23.5 Å². The summed E-state index contributed by atoms with van der Waals surface area (Å²) in [4.78, 5) is 45.4. The standard InChI is InChI=1S/C28H37ClN4O5/c1-19-6-4-7-23(31-19)14-21(15-25(34)38-3)27(36)33-13-5-12-28(18-33,32-26(35)24(30)17-37-2)16-20-8-10-22(29)11-9-20/h4,6-11,21,24H,5,12-18,30H2,1-3H3,(H,32,35)/t21-,24+,28-/m1/s1. The van der Waals surface area contributed by atoms with E-state index in [0.717, 1.165) is 17.0 Å². The van der Waals surface area contributed by atoms with Gasteiger partial charge in [0, 0.05) is 43.0 Å². The number of piperidine rings is 1. The van der Waals surface area contributed by atoms with Gasteiger partial charge in [0.25, 0.3) is 0 Å². The number of aryl methyl sites for hydroxylation is 1. The van der Waals surface area contributed by atoms with Gasteiger partial charge in [0.2, 0.25) is 11.8 Å². The van der Waals surface area contributed by atoms with Gasteiger partial charge in [-0.25, -0.2) is 0 Å². The fourth-order valence-electron chi connectivity index (χ4n) is 4.97. The van der Waals surface area contributed by atoms with Crippen molar-refractivity contribution in [2.75, 3.05) is 33.9 Å². The number of carbonyl (C=O) groups excluding carboxylic acids is 3. The lowest BCUT2D eigenvalue weighted by Gasteiger charge is -2.45. The molecule has 1 aromatic heterocycles. The highest BCUT2D eigenvalue weighted by molar-refractivity contribution is 6.30. The summed E-state index contributed by atoms with van der Waals surface area (Å²) >= 11 is 6.08. The molecule has 0 aliphatic carbocycles. The van der Waals surface area contributed by atoms with Gasteiger partial charge in [0.1, 0.15) is 6.04 Å². The van der Waals surface area contributed by atoms with E-state index in [1.807, 2.05) is 37.3 Å². The van der Waals surface area contributed by atoms with Gasteiger partial charge in [-0.05, 0) is 56.0 Å². The number of likely N-dealkylation sites (tertiary alicyclic amines) is 1. The molecule has 3 atom stereocenters. The minimum absolute atomic E-state index is 0.0588. The second kappa shape index (κ2) is 13.7. The lowest BCUT2D eigenvalue weighted by atomic mass is 9.82. The zero-order valence-electron chi connectivity index (χ0n) is 22.2. The first kappa shape index (κ1) is 29.5. The lowest BCUT2D eigenvalue weighted by molar-refractivity contribution is -0.148. The molecule has 0 unspecified atom stereocenters. The largest absolute Gasteiger partial charge is 0.469 e. The number of halogens is 1. The van der Waals surface area contributed by atoms with Crippen LogP contribution in [0.4, 0.5) is 0 Å². The van der Waals surface area contributed by atoms with Crippen molar-refractivity contribution in [2.24, 2.45) is 11.7 Å². The first-order valence-corrected chi connectivity index (χ1v) is 13.1. The van der Waals surface area contributed by atoms with Crippen LogP contribution < -0.4 is 11.1 Å². The topological polar surface area (TPSA) is 124 Å². The maximum Gasteiger partial charge on any atom is 0.306 e. The number of nitrogens with two attached hydrogens (primary N) is 1. The lowest BCUT2D eigenvalue weighted by Crippen LogP contribution is -2.64. The monoisotopic (exact) mass is 544 g/mol. The predicted molar refractivity (Wildman–Crippen MR) is 144 cm³/mol. The van der Waals surface area contributed by atoms with Crippen molar-refractivity contribution in [1.82, 2.24) is 15.2 Å². The van der Waals surface area contributed by atoms with E-state index in [-0.39, 0.29) is 31.4 Å². The molecule has 2 amide bonds. The maximum absolute atomic E-state index is 13.9. The Hall–Kier alpha value is -3.01. The summed E-state index contributed by atoms with van der Waals surface area (Å²) in [7, 11) is 2.80. The average molecular weight is 545 g/mol. The SMILES string of the molecule is COC[C@H](N)C(=O)N[C@@]1(Cc2ccc(Cl)cc2)CCCN(C(=O)[C@@H](CC(=O)OC)Cc2cccc(C)n2)C1. The number of carbonyl (C=O) groups is 3. The van der Waals surface area contributed by atoms with E-state index in [9.17, 15) is 14.4 Å². The molecule has 1 saturated heterocycles. The van der Waals surface area contributed by atoms with Gasteiger partial charge < -0.3 is 25.4 Å². The highest BCUT2D eigenvalue weighted by atomic mass is 35.5. The van der Waals surface area contributed by atoms with Crippen molar-refractivity contribution >= 4 is 29.4 Å². The van der Waals surface area contributed by atoms with Gasteiger partial charge in [0.15, 0.2) is 0 Å². The van der Waals surface area contributed by atoms with E-state index in [1.165, 1.54) is 14.2 Å². The first-order valence-electron chi connectivity index (χ1n) is 12.7. The quantitative estimate of drug-likeness (QED) is 0.416. The molecule has 1 fully saturated rings. The van der Waals surface area contributed by atoms with Gasteiger partial charge in [0.05, 0.1) is 31.6 Å². The molecule has 38 heavy (non-hydrogen) atoms. The van der Waals surface area contributed by atoms with Crippen LogP contribution in [0.2, 0.25) is 5.02 Å². The zero-order chi connectivity index (χ0) is 27.7. The van der Waals surface area contributed by atoms with Gasteiger partial charge in [-0.3, -0.25) is 19.4 Å². The summed E-state index contributed by atoms with van der Waals surface area (Å²) in [6.45, 7) is 2.75. The van der Waals surface area contributed by atoms with E-state index >= 15 is 0 Å². The number of rotatable bonds is 11. The Bertz CT molecular complexity index is 1110. The van der Waals surface area contributed by atoms with Crippen molar-refractivity contribution in [3.63, 3.8) is 0 Å². The van der Waals surface area contributed by atoms with Crippen LogP contribution >= 0.6 is 11.6 Å². The van der Waals surface area contributed by atoms with Crippen LogP contribution in [0.3, 0.4) is 0 Å². The number of ether oxygens (including phenoxy) is 2. The number of amides is 2. The molecule has 0 saturated carbocycles. The number of esters is 1. The molecule has 1 aliphatic rings. The Kier molecular flexibility index (Phi) is 10.6.